The van der Waals surface area contributed by atoms with Crippen LogP contribution in [0.15, 0.2) is 54.7 Å². The molecule has 5 nitrogen and oxygen atoms in total. The third-order valence-corrected chi connectivity index (χ3v) is 4.39. The lowest BCUT2D eigenvalue weighted by Crippen LogP contribution is -2.37. The van der Waals surface area contributed by atoms with Gasteiger partial charge in [-0.25, -0.2) is 9.18 Å². The SMILES string of the molecule is COc1cccc(NC(=O)N2C=CC(=O)CC2c2ccc(F)cc2)c1C. The summed E-state index contributed by atoms with van der Waals surface area (Å²) in [6, 6.07) is 10.3. The molecule has 0 spiro atoms. The normalized spacial score (nSPS) is 16.5. The molecule has 0 saturated carbocycles. The van der Waals surface area contributed by atoms with E-state index >= 15 is 0 Å². The van der Waals surface area contributed by atoms with E-state index in [1.54, 1.807) is 31.4 Å². The van der Waals surface area contributed by atoms with E-state index in [0.29, 0.717) is 17.0 Å². The van der Waals surface area contributed by atoms with Crippen LogP contribution in [0.25, 0.3) is 0 Å². The van der Waals surface area contributed by atoms with Gasteiger partial charge in [0, 0.05) is 23.9 Å². The van der Waals surface area contributed by atoms with Crippen LogP contribution >= 0.6 is 0 Å². The van der Waals surface area contributed by atoms with Crippen LogP contribution in [0.5, 0.6) is 5.75 Å². The highest BCUT2D eigenvalue weighted by Gasteiger charge is 2.29. The van der Waals surface area contributed by atoms with Crippen molar-refractivity contribution in [3.05, 3.63) is 71.7 Å². The van der Waals surface area contributed by atoms with Gasteiger partial charge in [0.1, 0.15) is 11.6 Å². The molecule has 26 heavy (non-hydrogen) atoms. The summed E-state index contributed by atoms with van der Waals surface area (Å²) in [5.41, 5.74) is 2.12. The van der Waals surface area contributed by atoms with Gasteiger partial charge in [0.2, 0.25) is 0 Å². The Morgan fingerprint density at radius 2 is 1.96 bits per heavy atom. The number of nitrogens with zero attached hydrogens (tertiary/aromatic N) is 1. The van der Waals surface area contributed by atoms with Crippen LogP contribution in [-0.4, -0.2) is 23.8 Å². The van der Waals surface area contributed by atoms with E-state index in [-0.39, 0.29) is 24.1 Å². The second-order valence-electron chi connectivity index (χ2n) is 6.02. The Morgan fingerprint density at radius 1 is 1.23 bits per heavy atom. The molecule has 2 aromatic rings. The second-order valence-corrected chi connectivity index (χ2v) is 6.02. The maximum Gasteiger partial charge on any atom is 0.326 e. The number of ether oxygens (including phenoxy) is 1. The van der Waals surface area contributed by atoms with E-state index in [2.05, 4.69) is 5.32 Å². The van der Waals surface area contributed by atoms with Crippen LogP contribution < -0.4 is 10.1 Å². The molecule has 0 saturated heterocycles. The molecule has 0 aromatic heterocycles. The van der Waals surface area contributed by atoms with E-state index in [4.69, 9.17) is 4.74 Å². The van der Waals surface area contributed by atoms with Crippen molar-refractivity contribution in [1.29, 1.82) is 0 Å². The number of halogens is 1. The Kier molecular flexibility index (Phi) is 5.02. The third kappa shape index (κ3) is 3.59. The number of rotatable bonds is 3. The number of anilines is 1. The molecule has 0 fully saturated rings. The highest BCUT2D eigenvalue weighted by atomic mass is 19.1. The first-order chi connectivity index (χ1) is 12.5. The van der Waals surface area contributed by atoms with Gasteiger partial charge in [-0.05, 0) is 42.8 Å². The van der Waals surface area contributed by atoms with Crippen LogP contribution in [0.2, 0.25) is 0 Å². The lowest BCUT2D eigenvalue weighted by Gasteiger charge is -2.31. The highest BCUT2D eigenvalue weighted by Crippen LogP contribution is 2.31. The summed E-state index contributed by atoms with van der Waals surface area (Å²) in [6.07, 6.45) is 2.98. The van der Waals surface area contributed by atoms with Crippen molar-refractivity contribution in [2.24, 2.45) is 0 Å². The Morgan fingerprint density at radius 3 is 2.65 bits per heavy atom. The summed E-state index contributed by atoms with van der Waals surface area (Å²) < 4.78 is 18.5. The second kappa shape index (κ2) is 7.39. The Hall–Kier alpha value is -3.15. The molecule has 0 aliphatic carbocycles. The molecule has 2 amide bonds. The van der Waals surface area contributed by atoms with Gasteiger partial charge in [0.25, 0.3) is 0 Å². The fourth-order valence-corrected chi connectivity index (χ4v) is 2.95. The van der Waals surface area contributed by atoms with Crippen LogP contribution in [-0.2, 0) is 4.79 Å². The largest absolute Gasteiger partial charge is 0.496 e. The standard InChI is InChI=1S/C20H19FN2O3/c1-13-17(4-3-5-19(13)26-2)22-20(25)23-11-10-16(24)12-18(23)14-6-8-15(21)9-7-14/h3-11,18H,12H2,1-2H3,(H,22,25). The molecular weight excluding hydrogens is 335 g/mol. The fraction of sp³-hybridized carbons (Fsp3) is 0.200. The summed E-state index contributed by atoms with van der Waals surface area (Å²) in [5.74, 6) is 0.220. The van der Waals surface area contributed by atoms with Gasteiger partial charge in [-0.1, -0.05) is 18.2 Å². The van der Waals surface area contributed by atoms with Crippen molar-refractivity contribution in [2.75, 3.05) is 12.4 Å². The van der Waals surface area contributed by atoms with Gasteiger partial charge in [-0.2, -0.15) is 0 Å². The molecule has 1 heterocycles. The number of nitrogens with one attached hydrogen (secondary N) is 1. The van der Waals surface area contributed by atoms with Gasteiger partial charge >= 0.3 is 6.03 Å². The Bertz CT molecular complexity index is 862. The summed E-state index contributed by atoms with van der Waals surface area (Å²) >= 11 is 0. The molecule has 3 rings (SSSR count). The molecule has 0 bridgehead atoms. The van der Waals surface area contributed by atoms with E-state index < -0.39 is 6.04 Å². The van der Waals surface area contributed by atoms with Crippen LogP contribution in [0.3, 0.4) is 0 Å². The lowest BCUT2D eigenvalue weighted by atomic mass is 9.97. The molecule has 2 aromatic carbocycles. The molecule has 1 N–H and O–H groups in total. The first-order valence-corrected chi connectivity index (χ1v) is 8.19. The van der Waals surface area contributed by atoms with E-state index in [1.165, 1.54) is 29.3 Å². The number of carbonyl (C=O) groups is 2. The topological polar surface area (TPSA) is 58.6 Å². The average Bonchev–Trinajstić information content (AvgIpc) is 2.64. The quantitative estimate of drug-likeness (QED) is 0.898. The molecule has 1 unspecified atom stereocenters. The predicted molar refractivity (Wildman–Crippen MR) is 96.5 cm³/mol. The van der Waals surface area contributed by atoms with Gasteiger partial charge in [0.05, 0.1) is 13.2 Å². The molecule has 6 heteroatoms. The lowest BCUT2D eigenvalue weighted by molar-refractivity contribution is -0.116. The van der Waals surface area contributed by atoms with Crippen LogP contribution in [0.1, 0.15) is 23.6 Å². The first kappa shape index (κ1) is 17.7. The minimum absolute atomic E-state index is 0.0825. The number of urea groups is 1. The zero-order chi connectivity index (χ0) is 18.7. The van der Waals surface area contributed by atoms with E-state index in [9.17, 15) is 14.0 Å². The van der Waals surface area contributed by atoms with Crippen molar-refractivity contribution in [3.8, 4) is 5.75 Å². The number of methoxy groups -OCH3 is 1. The van der Waals surface area contributed by atoms with Crippen molar-refractivity contribution >= 4 is 17.5 Å². The van der Waals surface area contributed by atoms with Crippen molar-refractivity contribution in [1.82, 2.24) is 4.90 Å². The van der Waals surface area contributed by atoms with E-state index in [0.717, 1.165) is 5.56 Å². The predicted octanol–water partition coefficient (Wildman–Crippen LogP) is 4.20. The molecule has 1 aliphatic heterocycles. The zero-order valence-electron chi connectivity index (χ0n) is 14.5. The van der Waals surface area contributed by atoms with Gasteiger partial charge < -0.3 is 10.1 Å². The monoisotopic (exact) mass is 354 g/mol. The Labute approximate surface area is 151 Å². The average molecular weight is 354 g/mol. The molecule has 0 radical (unpaired) electrons. The summed E-state index contributed by atoms with van der Waals surface area (Å²) in [5, 5.41) is 2.85. The van der Waals surface area contributed by atoms with Crippen molar-refractivity contribution in [3.63, 3.8) is 0 Å². The number of benzene rings is 2. The molecule has 1 aliphatic rings. The summed E-state index contributed by atoms with van der Waals surface area (Å²) in [4.78, 5) is 26.1. The van der Waals surface area contributed by atoms with Crippen LogP contribution in [0.4, 0.5) is 14.9 Å². The molecule has 134 valence electrons. The smallest absolute Gasteiger partial charge is 0.326 e. The van der Waals surface area contributed by atoms with Crippen LogP contribution in [0, 0.1) is 12.7 Å². The summed E-state index contributed by atoms with van der Waals surface area (Å²) in [6.45, 7) is 1.85. The number of ketones is 1. The maximum absolute atomic E-state index is 13.2. The maximum atomic E-state index is 13.2. The zero-order valence-corrected chi connectivity index (χ0v) is 14.5. The first-order valence-electron chi connectivity index (χ1n) is 8.19. The van der Waals surface area contributed by atoms with Crippen molar-refractivity contribution in [2.45, 2.75) is 19.4 Å². The van der Waals surface area contributed by atoms with Crippen molar-refractivity contribution < 1.29 is 18.7 Å². The van der Waals surface area contributed by atoms with E-state index in [1.807, 2.05) is 13.0 Å². The number of carbonyl (C=O) groups excluding carboxylic acids is 2. The minimum atomic E-state index is -0.487. The number of allylic oxidation sites excluding steroid dienone is 1. The highest BCUT2D eigenvalue weighted by molar-refractivity contribution is 5.96. The van der Waals surface area contributed by atoms with Gasteiger partial charge in [-0.15, -0.1) is 0 Å². The number of hydrogen-bond acceptors (Lipinski definition) is 3. The van der Waals surface area contributed by atoms with Gasteiger partial charge in [0.15, 0.2) is 5.78 Å². The molecule has 1 atom stereocenters. The number of hydrogen-bond donors (Lipinski definition) is 1. The Balaban J connectivity index is 1.87. The minimum Gasteiger partial charge on any atom is -0.496 e. The fourth-order valence-electron chi connectivity index (χ4n) is 2.95. The number of amides is 2. The third-order valence-electron chi connectivity index (χ3n) is 4.39. The molecular formula is C20H19FN2O3. The summed E-state index contributed by atoms with van der Waals surface area (Å²) in [7, 11) is 1.57. The van der Waals surface area contributed by atoms with Gasteiger partial charge in [-0.3, -0.25) is 9.69 Å².